The molecule has 0 atom stereocenters. The second-order valence-corrected chi connectivity index (χ2v) is 4.12. The highest BCUT2D eigenvalue weighted by atomic mass is 15.4. The zero-order valence-electron chi connectivity index (χ0n) is 9.92. The first kappa shape index (κ1) is 11.8. The van der Waals surface area contributed by atoms with Gasteiger partial charge in [0.2, 0.25) is 0 Å². The molecule has 0 aliphatic heterocycles. The van der Waals surface area contributed by atoms with Crippen LogP contribution in [0.25, 0.3) is 0 Å². The largest absolute Gasteiger partial charge is 0.325 e. The molecule has 0 aliphatic rings. The molecule has 17 heavy (non-hydrogen) atoms. The Bertz CT molecular complexity index is 436. The molecule has 0 bridgehead atoms. The molecule has 0 fully saturated rings. The third-order valence-electron chi connectivity index (χ3n) is 2.74. The standard InChI is InChI=1S/C13H18N4/c14-10-13-11-17(16-15-13)9-5-4-8-12-6-2-1-3-7-12/h1-3,6-7,11H,4-5,8-10,14H2. The molecule has 1 aromatic heterocycles. The first-order chi connectivity index (χ1) is 8.38. The van der Waals surface area contributed by atoms with Crippen molar-refractivity contribution in [1.82, 2.24) is 15.0 Å². The second-order valence-electron chi connectivity index (χ2n) is 4.12. The Morgan fingerprint density at radius 1 is 1.12 bits per heavy atom. The van der Waals surface area contributed by atoms with E-state index in [1.54, 1.807) is 0 Å². The van der Waals surface area contributed by atoms with Gasteiger partial charge >= 0.3 is 0 Å². The highest BCUT2D eigenvalue weighted by Gasteiger charge is 1.98. The predicted molar refractivity (Wildman–Crippen MR) is 67.3 cm³/mol. The molecule has 0 saturated heterocycles. The van der Waals surface area contributed by atoms with Gasteiger partial charge in [0.25, 0.3) is 0 Å². The fourth-order valence-corrected chi connectivity index (χ4v) is 1.79. The smallest absolute Gasteiger partial charge is 0.0962 e. The van der Waals surface area contributed by atoms with E-state index in [-0.39, 0.29) is 0 Å². The molecule has 0 amide bonds. The molecule has 1 aromatic carbocycles. The van der Waals surface area contributed by atoms with E-state index in [1.165, 1.54) is 12.0 Å². The zero-order chi connectivity index (χ0) is 11.9. The number of unbranched alkanes of at least 4 members (excludes halogenated alkanes) is 1. The number of aromatic nitrogens is 3. The van der Waals surface area contributed by atoms with Gasteiger partial charge in [0.15, 0.2) is 0 Å². The highest BCUT2D eigenvalue weighted by molar-refractivity contribution is 5.14. The second kappa shape index (κ2) is 6.15. The van der Waals surface area contributed by atoms with Crippen LogP contribution in [0.3, 0.4) is 0 Å². The van der Waals surface area contributed by atoms with Crippen LogP contribution >= 0.6 is 0 Å². The number of hydrogen-bond donors (Lipinski definition) is 1. The molecule has 90 valence electrons. The minimum absolute atomic E-state index is 0.462. The van der Waals surface area contributed by atoms with Gasteiger partial charge in [0.05, 0.1) is 5.69 Å². The summed E-state index contributed by atoms with van der Waals surface area (Å²) in [6.45, 7) is 1.38. The SMILES string of the molecule is NCc1cn(CCCCc2ccccc2)nn1. The minimum atomic E-state index is 0.462. The molecule has 2 aromatic rings. The monoisotopic (exact) mass is 230 g/mol. The number of rotatable bonds is 6. The third kappa shape index (κ3) is 3.67. The average Bonchev–Trinajstić information content (AvgIpc) is 2.84. The molecule has 4 heteroatoms. The lowest BCUT2D eigenvalue weighted by atomic mass is 10.1. The van der Waals surface area contributed by atoms with Gasteiger partial charge in [-0.05, 0) is 24.8 Å². The van der Waals surface area contributed by atoms with E-state index >= 15 is 0 Å². The Hall–Kier alpha value is -1.68. The molecule has 4 nitrogen and oxygen atoms in total. The Kier molecular flexibility index (Phi) is 4.27. The number of nitrogens with zero attached hydrogens (tertiary/aromatic N) is 3. The Labute approximate surface area is 101 Å². The lowest BCUT2D eigenvalue weighted by molar-refractivity contribution is 0.541. The maximum atomic E-state index is 5.48. The quantitative estimate of drug-likeness (QED) is 0.769. The predicted octanol–water partition coefficient (Wildman–Crippen LogP) is 1.76. The molecule has 0 saturated carbocycles. The zero-order valence-corrected chi connectivity index (χ0v) is 9.92. The number of nitrogens with two attached hydrogens (primary N) is 1. The van der Waals surface area contributed by atoms with Crippen LogP contribution < -0.4 is 5.73 Å². The van der Waals surface area contributed by atoms with Crippen LogP contribution in [0.1, 0.15) is 24.1 Å². The molecule has 1 heterocycles. The summed E-state index contributed by atoms with van der Waals surface area (Å²) >= 11 is 0. The van der Waals surface area contributed by atoms with Gasteiger partial charge in [-0.1, -0.05) is 35.5 Å². The third-order valence-corrected chi connectivity index (χ3v) is 2.74. The van der Waals surface area contributed by atoms with Crippen molar-refractivity contribution in [2.45, 2.75) is 32.4 Å². The first-order valence-electron chi connectivity index (χ1n) is 6.01. The van der Waals surface area contributed by atoms with Crippen molar-refractivity contribution in [1.29, 1.82) is 0 Å². The summed E-state index contributed by atoms with van der Waals surface area (Å²) in [6, 6.07) is 10.6. The van der Waals surface area contributed by atoms with Crippen LogP contribution in [-0.4, -0.2) is 15.0 Å². The summed E-state index contributed by atoms with van der Waals surface area (Å²) < 4.78 is 1.87. The van der Waals surface area contributed by atoms with Crippen molar-refractivity contribution in [2.24, 2.45) is 5.73 Å². The fourth-order valence-electron chi connectivity index (χ4n) is 1.79. The van der Waals surface area contributed by atoms with Gasteiger partial charge in [-0.25, -0.2) is 0 Å². The Morgan fingerprint density at radius 3 is 2.65 bits per heavy atom. The molecule has 0 radical (unpaired) electrons. The molecule has 0 unspecified atom stereocenters. The van der Waals surface area contributed by atoms with E-state index in [1.807, 2.05) is 16.9 Å². The lowest BCUT2D eigenvalue weighted by Gasteiger charge is -2.01. The molecular weight excluding hydrogens is 212 g/mol. The van der Waals surface area contributed by atoms with Crippen molar-refractivity contribution in [2.75, 3.05) is 0 Å². The van der Waals surface area contributed by atoms with Crippen molar-refractivity contribution >= 4 is 0 Å². The van der Waals surface area contributed by atoms with Gasteiger partial charge in [-0.3, -0.25) is 4.68 Å². The van der Waals surface area contributed by atoms with Crippen molar-refractivity contribution < 1.29 is 0 Å². The number of benzene rings is 1. The molecular formula is C13H18N4. The van der Waals surface area contributed by atoms with Crippen LogP contribution in [0.5, 0.6) is 0 Å². The lowest BCUT2D eigenvalue weighted by Crippen LogP contribution is -1.99. The van der Waals surface area contributed by atoms with Gasteiger partial charge < -0.3 is 5.73 Å². The van der Waals surface area contributed by atoms with Crippen molar-refractivity contribution in [3.63, 3.8) is 0 Å². The Morgan fingerprint density at radius 2 is 1.94 bits per heavy atom. The van der Waals surface area contributed by atoms with E-state index in [4.69, 9.17) is 5.73 Å². The van der Waals surface area contributed by atoms with Crippen LogP contribution in [0, 0.1) is 0 Å². The molecule has 2 rings (SSSR count). The molecule has 0 spiro atoms. The maximum Gasteiger partial charge on any atom is 0.0962 e. The van der Waals surface area contributed by atoms with E-state index < -0.39 is 0 Å². The van der Waals surface area contributed by atoms with Gasteiger partial charge in [0.1, 0.15) is 0 Å². The normalized spacial score (nSPS) is 10.6. The average molecular weight is 230 g/mol. The van der Waals surface area contributed by atoms with Gasteiger partial charge in [0, 0.05) is 19.3 Å². The number of aryl methyl sites for hydroxylation is 2. The molecule has 2 N–H and O–H groups in total. The van der Waals surface area contributed by atoms with Crippen molar-refractivity contribution in [3.05, 3.63) is 47.8 Å². The van der Waals surface area contributed by atoms with E-state index in [0.29, 0.717) is 6.54 Å². The summed E-state index contributed by atoms with van der Waals surface area (Å²) in [6.07, 6.45) is 5.33. The van der Waals surface area contributed by atoms with Crippen LogP contribution in [-0.2, 0) is 19.5 Å². The van der Waals surface area contributed by atoms with Crippen LogP contribution in [0.4, 0.5) is 0 Å². The summed E-state index contributed by atoms with van der Waals surface area (Å²) in [7, 11) is 0. The Balaban J connectivity index is 1.69. The minimum Gasteiger partial charge on any atom is -0.325 e. The summed E-state index contributed by atoms with van der Waals surface area (Å²) in [5.41, 5.74) is 7.73. The summed E-state index contributed by atoms with van der Waals surface area (Å²) in [5.74, 6) is 0. The number of hydrogen-bond acceptors (Lipinski definition) is 3. The topological polar surface area (TPSA) is 56.7 Å². The fraction of sp³-hybridized carbons (Fsp3) is 0.385. The first-order valence-corrected chi connectivity index (χ1v) is 6.01. The molecule has 0 aliphatic carbocycles. The summed E-state index contributed by atoms with van der Waals surface area (Å²) in [4.78, 5) is 0. The maximum absolute atomic E-state index is 5.48. The van der Waals surface area contributed by atoms with E-state index in [0.717, 1.165) is 25.1 Å². The van der Waals surface area contributed by atoms with Gasteiger partial charge in [-0.2, -0.15) is 0 Å². The highest BCUT2D eigenvalue weighted by Crippen LogP contribution is 2.05. The van der Waals surface area contributed by atoms with Gasteiger partial charge in [-0.15, -0.1) is 5.10 Å². The van der Waals surface area contributed by atoms with Crippen molar-refractivity contribution in [3.8, 4) is 0 Å². The van der Waals surface area contributed by atoms with Crippen LogP contribution in [0.15, 0.2) is 36.5 Å². The van der Waals surface area contributed by atoms with E-state index in [9.17, 15) is 0 Å². The van der Waals surface area contributed by atoms with Crippen LogP contribution in [0.2, 0.25) is 0 Å². The summed E-state index contributed by atoms with van der Waals surface area (Å²) in [5, 5.41) is 7.98. The van der Waals surface area contributed by atoms with E-state index in [2.05, 4.69) is 34.6 Å².